The summed E-state index contributed by atoms with van der Waals surface area (Å²) in [5.74, 6) is 0.548. The lowest BCUT2D eigenvalue weighted by atomic mass is 9.80. The van der Waals surface area contributed by atoms with Crippen LogP contribution in [0.4, 0.5) is 5.69 Å². The van der Waals surface area contributed by atoms with Gasteiger partial charge in [-0.05, 0) is 42.7 Å². The molecule has 1 aliphatic carbocycles. The van der Waals surface area contributed by atoms with E-state index in [-0.39, 0.29) is 0 Å². The second kappa shape index (κ2) is 5.77. The molecule has 0 unspecified atom stereocenters. The van der Waals surface area contributed by atoms with Crippen LogP contribution in [0.15, 0.2) is 59.7 Å². The van der Waals surface area contributed by atoms with Crippen LogP contribution in [0.2, 0.25) is 5.02 Å². The van der Waals surface area contributed by atoms with Crippen LogP contribution < -0.4 is 5.01 Å². The van der Waals surface area contributed by atoms with Crippen LogP contribution >= 0.6 is 11.6 Å². The van der Waals surface area contributed by atoms with Crippen molar-refractivity contribution in [3.63, 3.8) is 0 Å². The Morgan fingerprint density at radius 1 is 0.909 bits per heavy atom. The van der Waals surface area contributed by atoms with Crippen LogP contribution in [0, 0.1) is 5.92 Å². The Morgan fingerprint density at radius 3 is 2.41 bits per heavy atom. The zero-order valence-electron chi connectivity index (χ0n) is 12.5. The first-order chi connectivity index (χ1) is 10.8. The van der Waals surface area contributed by atoms with E-state index < -0.39 is 0 Å². The summed E-state index contributed by atoms with van der Waals surface area (Å²) in [5.41, 5.74) is 3.66. The molecule has 2 aliphatic rings. The van der Waals surface area contributed by atoms with Gasteiger partial charge in [-0.3, -0.25) is 5.01 Å². The highest BCUT2D eigenvalue weighted by atomic mass is 35.5. The quantitative estimate of drug-likeness (QED) is 0.751. The molecule has 1 heterocycles. The van der Waals surface area contributed by atoms with Crippen molar-refractivity contribution in [2.75, 3.05) is 5.01 Å². The van der Waals surface area contributed by atoms with Gasteiger partial charge in [-0.15, -0.1) is 0 Å². The first-order valence-corrected chi connectivity index (χ1v) is 8.39. The maximum Gasteiger partial charge on any atom is 0.0734 e. The first kappa shape index (κ1) is 13.8. The van der Waals surface area contributed by atoms with Crippen LogP contribution in [0.1, 0.15) is 31.2 Å². The van der Waals surface area contributed by atoms with Gasteiger partial charge in [-0.1, -0.05) is 54.8 Å². The van der Waals surface area contributed by atoms with E-state index in [0.29, 0.717) is 12.0 Å². The summed E-state index contributed by atoms with van der Waals surface area (Å²) < 4.78 is 0. The molecule has 4 rings (SSSR count). The van der Waals surface area contributed by atoms with Crippen LogP contribution in [0.5, 0.6) is 0 Å². The van der Waals surface area contributed by atoms with Crippen molar-refractivity contribution < 1.29 is 0 Å². The highest BCUT2D eigenvalue weighted by Gasteiger charge is 2.39. The average Bonchev–Trinajstić information content (AvgIpc) is 2.96. The average molecular weight is 311 g/mol. The van der Waals surface area contributed by atoms with Gasteiger partial charge in [0.05, 0.1) is 17.4 Å². The molecule has 2 aromatic rings. The number of hydrogen-bond acceptors (Lipinski definition) is 2. The number of hydrazone groups is 1. The van der Waals surface area contributed by atoms with E-state index in [9.17, 15) is 0 Å². The molecule has 2 nitrogen and oxygen atoms in total. The minimum absolute atomic E-state index is 0.491. The largest absolute Gasteiger partial charge is 0.262 e. The topological polar surface area (TPSA) is 15.6 Å². The van der Waals surface area contributed by atoms with Gasteiger partial charge in [0, 0.05) is 10.9 Å². The summed E-state index contributed by atoms with van der Waals surface area (Å²) in [5, 5.41) is 8.01. The van der Waals surface area contributed by atoms with Crippen LogP contribution in [-0.4, -0.2) is 11.8 Å². The van der Waals surface area contributed by atoms with Crippen molar-refractivity contribution in [2.45, 2.75) is 31.7 Å². The molecular formula is C19H19ClN2. The van der Waals surface area contributed by atoms with Gasteiger partial charge in [-0.25, -0.2) is 0 Å². The van der Waals surface area contributed by atoms with Gasteiger partial charge in [0.1, 0.15) is 0 Å². The Hall–Kier alpha value is -1.80. The molecule has 0 bridgehead atoms. The summed E-state index contributed by atoms with van der Waals surface area (Å²) in [4.78, 5) is 0. The Labute approximate surface area is 136 Å². The Balaban J connectivity index is 1.74. The number of halogens is 1. The van der Waals surface area contributed by atoms with Crippen molar-refractivity contribution >= 4 is 23.0 Å². The molecule has 1 fully saturated rings. The van der Waals surface area contributed by atoms with Crippen molar-refractivity contribution in [3.05, 3.63) is 65.2 Å². The summed E-state index contributed by atoms with van der Waals surface area (Å²) in [6.45, 7) is 0. The van der Waals surface area contributed by atoms with E-state index in [0.717, 1.165) is 10.7 Å². The number of benzene rings is 2. The van der Waals surface area contributed by atoms with Gasteiger partial charge < -0.3 is 0 Å². The fourth-order valence-corrected chi connectivity index (χ4v) is 3.84. The van der Waals surface area contributed by atoms with Gasteiger partial charge in [0.25, 0.3) is 0 Å². The fraction of sp³-hybridized carbons (Fsp3) is 0.316. The van der Waals surface area contributed by atoms with Crippen LogP contribution in [0.3, 0.4) is 0 Å². The lowest BCUT2D eigenvalue weighted by Gasteiger charge is -2.31. The lowest BCUT2D eigenvalue weighted by molar-refractivity contribution is 0.384. The predicted molar refractivity (Wildman–Crippen MR) is 92.7 cm³/mol. The van der Waals surface area contributed by atoms with Gasteiger partial charge in [0.2, 0.25) is 0 Å². The van der Waals surface area contributed by atoms with E-state index >= 15 is 0 Å². The Bertz CT molecular complexity index is 678. The summed E-state index contributed by atoms with van der Waals surface area (Å²) in [6, 6.07) is 19.2. The normalized spacial score (nSPS) is 24.0. The zero-order valence-corrected chi connectivity index (χ0v) is 13.2. The molecule has 1 aliphatic heterocycles. The fourth-order valence-electron chi connectivity index (χ4n) is 3.71. The first-order valence-electron chi connectivity index (χ1n) is 8.01. The Morgan fingerprint density at radius 2 is 1.64 bits per heavy atom. The van der Waals surface area contributed by atoms with E-state index in [2.05, 4.69) is 47.5 Å². The highest BCUT2D eigenvalue weighted by molar-refractivity contribution is 6.30. The maximum absolute atomic E-state index is 6.03. The van der Waals surface area contributed by atoms with Crippen LogP contribution in [0.25, 0.3) is 0 Å². The molecule has 3 heteroatoms. The monoisotopic (exact) mass is 310 g/mol. The minimum Gasteiger partial charge on any atom is -0.262 e. The smallest absolute Gasteiger partial charge is 0.0734 e. The summed E-state index contributed by atoms with van der Waals surface area (Å²) in [7, 11) is 0. The van der Waals surface area contributed by atoms with E-state index in [1.165, 1.54) is 37.0 Å². The Kier molecular flexibility index (Phi) is 3.63. The molecule has 1 saturated carbocycles. The molecule has 0 spiro atoms. The standard InChI is InChI=1S/C19H19ClN2/c20-15-10-12-16(13-11-15)22-18-9-5-4-8-17(18)19(21-22)14-6-2-1-3-7-14/h1-3,6-7,10-13,17-18H,4-5,8-9H2/t17-,18-/m0/s1. The van der Waals surface area contributed by atoms with Crippen molar-refractivity contribution in [2.24, 2.45) is 11.0 Å². The van der Waals surface area contributed by atoms with Gasteiger partial charge in [0.15, 0.2) is 0 Å². The molecule has 0 radical (unpaired) electrons. The third-order valence-corrected chi connectivity index (χ3v) is 5.02. The minimum atomic E-state index is 0.491. The second-order valence-electron chi connectivity index (χ2n) is 6.13. The van der Waals surface area contributed by atoms with Crippen LogP contribution in [-0.2, 0) is 0 Å². The molecule has 0 N–H and O–H groups in total. The number of nitrogens with zero attached hydrogens (tertiary/aromatic N) is 2. The van der Waals surface area contributed by atoms with E-state index in [1.807, 2.05) is 12.1 Å². The highest BCUT2D eigenvalue weighted by Crippen LogP contribution is 2.39. The third-order valence-electron chi connectivity index (χ3n) is 4.77. The van der Waals surface area contributed by atoms with Crippen molar-refractivity contribution in [3.8, 4) is 0 Å². The van der Waals surface area contributed by atoms with Crippen molar-refractivity contribution in [1.29, 1.82) is 0 Å². The zero-order chi connectivity index (χ0) is 14.9. The van der Waals surface area contributed by atoms with E-state index in [4.69, 9.17) is 16.7 Å². The second-order valence-corrected chi connectivity index (χ2v) is 6.57. The molecule has 0 saturated heterocycles. The molecule has 112 valence electrons. The number of rotatable bonds is 2. The van der Waals surface area contributed by atoms with E-state index in [1.54, 1.807) is 0 Å². The molecule has 2 aromatic carbocycles. The maximum atomic E-state index is 6.03. The number of hydrogen-bond donors (Lipinski definition) is 0. The number of fused-ring (bicyclic) bond motifs is 1. The van der Waals surface area contributed by atoms with Crippen molar-refractivity contribution in [1.82, 2.24) is 0 Å². The predicted octanol–water partition coefficient (Wildman–Crippen LogP) is 5.12. The number of anilines is 1. The molecule has 22 heavy (non-hydrogen) atoms. The molecular weight excluding hydrogens is 292 g/mol. The summed E-state index contributed by atoms with van der Waals surface area (Å²) >= 11 is 6.03. The van der Waals surface area contributed by atoms with Gasteiger partial charge in [-0.2, -0.15) is 5.10 Å². The third kappa shape index (κ3) is 2.42. The molecule has 0 aromatic heterocycles. The summed E-state index contributed by atoms with van der Waals surface area (Å²) in [6.07, 6.45) is 5.06. The molecule has 0 amide bonds. The lowest BCUT2D eigenvalue weighted by Crippen LogP contribution is -2.36. The SMILES string of the molecule is Clc1ccc(N2N=C(c3ccccc3)[C@H]3CCCC[C@@H]32)cc1. The van der Waals surface area contributed by atoms with Gasteiger partial charge >= 0.3 is 0 Å². The molecule has 2 atom stereocenters.